The number of hydrogen-bond donors (Lipinski definition) is 1. The molecular weight excluding hydrogens is 308 g/mol. The minimum Gasteiger partial charge on any atom is -0.398 e. The Morgan fingerprint density at radius 2 is 1.76 bits per heavy atom. The third-order valence-electron chi connectivity index (χ3n) is 3.34. The molecule has 0 radical (unpaired) electrons. The summed E-state index contributed by atoms with van der Waals surface area (Å²) in [5.74, 6) is 0. The van der Waals surface area contributed by atoms with Crippen molar-refractivity contribution in [1.29, 1.82) is 0 Å². The van der Waals surface area contributed by atoms with Crippen molar-refractivity contribution in [2.24, 2.45) is 0 Å². The molecule has 2 rings (SSSR count). The van der Waals surface area contributed by atoms with Crippen LogP contribution in [0.1, 0.15) is 12.5 Å². The van der Waals surface area contributed by atoms with Crippen LogP contribution < -0.4 is 10.0 Å². The van der Waals surface area contributed by atoms with E-state index in [4.69, 9.17) is 17.3 Å². The number of benzene rings is 2. The molecule has 0 saturated carbocycles. The van der Waals surface area contributed by atoms with Crippen molar-refractivity contribution < 1.29 is 8.42 Å². The fourth-order valence-electron chi connectivity index (χ4n) is 1.91. The maximum Gasteiger partial charge on any atom is 0.264 e. The zero-order valence-electron chi connectivity index (χ0n) is 11.9. The van der Waals surface area contributed by atoms with E-state index in [1.54, 1.807) is 12.1 Å². The van der Waals surface area contributed by atoms with E-state index < -0.39 is 10.0 Å². The summed E-state index contributed by atoms with van der Waals surface area (Å²) >= 11 is 5.90. The maximum atomic E-state index is 12.6. The molecule has 0 atom stereocenters. The first kappa shape index (κ1) is 15.7. The molecule has 0 amide bonds. The Hall–Kier alpha value is -1.72. The van der Waals surface area contributed by atoms with Crippen LogP contribution in [0.4, 0.5) is 11.4 Å². The van der Waals surface area contributed by atoms with Crippen molar-refractivity contribution >= 4 is 33.0 Å². The molecule has 0 fully saturated rings. The highest BCUT2D eigenvalue weighted by molar-refractivity contribution is 7.92. The summed E-state index contributed by atoms with van der Waals surface area (Å²) in [5, 5.41) is 0.228. The fraction of sp³-hybridized carbons (Fsp3) is 0.200. The van der Waals surface area contributed by atoms with Gasteiger partial charge in [-0.1, -0.05) is 30.7 Å². The monoisotopic (exact) mass is 324 g/mol. The zero-order valence-corrected chi connectivity index (χ0v) is 13.4. The van der Waals surface area contributed by atoms with Gasteiger partial charge in [0.2, 0.25) is 0 Å². The average molecular weight is 325 g/mol. The van der Waals surface area contributed by atoms with Gasteiger partial charge in [-0.15, -0.1) is 0 Å². The Bertz CT molecular complexity index is 743. The Morgan fingerprint density at radius 1 is 1.14 bits per heavy atom. The van der Waals surface area contributed by atoms with Gasteiger partial charge in [-0.05, 0) is 42.3 Å². The van der Waals surface area contributed by atoms with Gasteiger partial charge < -0.3 is 5.73 Å². The van der Waals surface area contributed by atoms with Crippen molar-refractivity contribution in [3.63, 3.8) is 0 Å². The number of anilines is 2. The number of hydrogen-bond acceptors (Lipinski definition) is 3. The lowest BCUT2D eigenvalue weighted by atomic mass is 10.1. The van der Waals surface area contributed by atoms with E-state index in [9.17, 15) is 8.42 Å². The van der Waals surface area contributed by atoms with Crippen LogP contribution in [0.2, 0.25) is 5.02 Å². The van der Waals surface area contributed by atoms with Gasteiger partial charge in [-0.3, -0.25) is 4.31 Å². The normalized spacial score (nSPS) is 11.4. The second-order valence-electron chi connectivity index (χ2n) is 4.68. The number of halogens is 1. The molecule has 21 heavy (non-hydrogen) atoms. The first-order chi connectivity index (χ1) is 9.86. The van der Waals surface area contributed by atoms with Crippen LogP contribution >= 0.6 is 11.6 Å². The molecule has 6 heteroatoms. The molecule has 2 aromatic rings. The summed E-state index contributed by atoms with van der Waals surface area (Å²) in [5.41, 5.74) is 7.71. The molecule has 2 N–H and O–H groups in total. The van der Waals surface area contributed by atoms with E-state index in [-0.39, 0.29) is 9.92 Å². The van der Waals surface area contributed by atoms with Crippen molar-refractivity contribution in [3.05, 3.63) is 53.1 Å². The van der Waals surface area contributed by atoms with Crippen LogP contribution in [0.5, 0.6) is 0 Å². The molecule has 112 valence electrons. The lowest BCUT2D eigenvalue weighted by Gasteiger charge is -2.20. The standard InChI is InChI=1S/C15H17ClN2O2S/c1-3-11-4-6-12(7-5-11)18(2)21(19,20)13-8-9-15(17)14(16)10-13/h4-10H,3,17H2,1-2H3. The van der Waals surface area contributed by atoms with Crippen LogP contribution in [0.15, 0.2) is 47.4 Å². The van der Waals surface area contributed by atoms with Crippen LogP contribution in [-0.4, -0.2) is 15.5 Å². The predicted octanol–water partition coefficient (Wildman–Crippen LogP) is 3.31. The van der Waals surface area contributed by atoms with E-state index in [0.29, 0.717) is 11.4 Å². The van der Waals surface area contributed by atoms with E-state index in [1.807, 2.05) is 19.1 Å². The molecule has 2 aromatic carbocycles. The third-order valence-corrected chi connectivity index (χ3v) is 5.45. The molecule has 0 heterocycles. The molecule has 0 bridgehead atoms. The molecule has 4 nitrogen and oxygen atoms in total. The predicted molar refractivity (Wildman–Crippen MR) is 87.3 cm³/mol. The summed E-state index contributed by atoms with van der Waals surface area (Å²) in [4.78, 5) is 0.115. The highest BCUT2D eigenvalue weighted by Gasteiger charge is 2.21. The number of nitrogen functional groups attached to an aromatic ring is 1. The molecule has 0 unspecified atom stereocenters. The van der Waals surface area contributed by atoms with Gasteiger partial charge in [-0.25, -0.2) is 8.42 Å². The largest absolute Gasteiger partial charge is 0.398 e. The molecular formula is C15H17ClN2O2S. The van der Waals surface area contributed by atoms with Gasteiger partial charge in [-0.2, -0.15) is 0 Å². The van der Waals surface area contributed by atoms with Crippen molar-refractivity contribution in [2.45, 2.75) is 18.2 Å². The van der Waals surface area contributed by atoms with Crippen LogP contribution in [-0.2, 0) is 16.4 Å². The highest BCUT2D eigenvalue weighted by Crippen LogP contribution is 2.27. The van der Waals surface area contributed by atoms with Gasteiger partial charge in [0.1, 0.15) is 0 Å². The van der Waals surface area contributed by atoms with Crippen molar-refractivity contribution in [3.8, 4) is 0 Å². The number of sulfonamides is 1. The summed E-state index contributed by atoms with van der Waals surface area (Å²) in [7, 11) is -2.14. The van der Waals surface area contributed by atoms with Gasteiger partial charge >= 0.3 is 0 Å². The molecule has 0 aliphatic rings. The Morgan fingerprint density at radius 3 is 2.29 bits per heavy atom. The lowest BCUT2D eigenvalue weighted by molar-refractivity contribution is 0.594. The van der Waals surface area contributed by atoms with Crippen molar-refractivity contribution in [2.75, 3.05) is 17.1 Å². The number of nitrogens with two attached hydrogens (primary N) is 1. The van der Waals surface area contributed by atoms with E-state index >= 15 is 0 Å². The van der Waals surface area contributed by atoms with Crippen molar-refractivity contribution in [1.82, 2.24) is 0 Å². The van der Waals surface area contributed by atoms with Crippen LogP contribution in [0.25, 0.3) is 0 Å². The fourth-order valence-corrected chi connectivity index (χ4v) is 3.37. The van der Waals surface area contributed by atoms with E-state index in [2.05, 4.69) is 0 Å². The minimum atomic E-state index is -3.66. The summed E-state index contributed by atoms with van der Waals surface area (Å²) < 4.78 is 26.4. The molecule has 0 spiro atoms. The maximum absolute atomic E-state index is 12.6. The van der Waals surface area contributed by atoms with Gasteiger partial charge in [0, 0.05) is 7.05 Å². The third kappa shape index (κ3) is 3.14. The molecule has 0 aromatic heterocycles. The number of rotatable bonds is 4. The first-order valence-corrected chi connectivity index (χ1v) is 8.31. The zero-order chi connectivity index (χ0) is 15.6. The Labute approximate surface area is 130 Å². The number of aryl methyl sites for hydroxylation is 1. The Balaban J connectivity index is 2.39. The SMILES string of the molecule is CCc1ccc(N(C)S(=O)(=O)c2ccc(N)c(Cl)c2)cc1. The van der Waals surface area contributed by atoms with Gasteiger partial charge in [0.25, 0.3) is 10.0 Å². The van der Waals surface area contributed by atoms with Gasteiger partial charge in [0.15, 0.2) is 0 Å². The van der Waals surface area contributed by atoms with E-state index in [0.717, 1.165) is 12.0 Å². The molecule has 0 aliphatic heterocycles. The Kier molecular flexibility index (Phi) is 4.44. The second-order valence-corrected chi connectivity index (χ2v) is 7.05. The average Bonchev–Trinajstić information content (AvgIpc) is 2.49. The summed E-state index contributed by atoms with van der Waals surface area (Å²) in [6, 6.07) is 11.7. The quantitative estimate of drug-likeness (QED) is 0.878. The lowest BCUT2D eigenvalue weighted by Crippen LogP contribution is -2.26. The summed E-state index contributed by atoms with van der Waals surface area (Å²) in [6.45, 7) is 2.05. The number of nitrogens with zero attached hydrogens (tertiary/aromatic N) is 1. The van der Waals surface area contributed by atoms with Crippen LogP contribution in [0.3, 0.4) is 0 Å². The smallest absolute Gasteiger partial charge is 0.264 e. The topological polar surface area (TPSA) is 63.4 Å². The molecule has 0 saturated heterocycles. The summed E-state index contributed by atoms with van der Waals surface area (Å²) in [6.07, 6.45) is 0.907. The highest BCUT2D eigenvalue weighted by atomic mass is 35.5. The van der Waals surface area contributed by atoms with Gasteiger partial charge in [0.05, 0.1) is 21.3 Å². The van der Waals surface area contributed by atoms with Crippen LogP contribution in [0, 0.1) is 0 Å². The van der Waals surface area contributed by atoms with E-state index in [1.165, 1.54) is 29.6 Å². The molecule has 0 aliphatic carbocycles. The first-order valence-electron chi connectivity index (χ1n) is 6.49. The minimum absolute atomic E-state index is 0.115. The second kappa shape index (κ2) is 5.95.